The van der Waals surface area contributed by atoms with E-state index in [0.29, 0.717) is 11.6 Å². The van der Waals surface area contributed by atoms with E-state index < -0.39 is 15.9 Å². The third-order valence-electron chi connectivity index (χ3n) is 5.95. The highest BCUT2D eigenvalue weighted by Gasteiger charge is 2.28. The maximum Gasteiger partial charge on any atom is 0.295 e. The Hall–Kier alpha value is -3.31. The first kappa shape index (κ1) is 31.2. The van der Waals surface area contributed by atoms with E-state index >= 15 is 0 Å². The number of anilines is 1. The second-order valence-electron chi connectivity index (χ2n) is 8.67. The minimum absolute atomic E-state index is 0.0841. The van der Waals surface area contributed by atoms with Gasteiger partial charge in [0.2, 0.25) is 5.91 Å². The summed E-state index contributed by atoms with van der Waals surface area (Å²) in [5, 5.41) is 5.83. The van der Waals surface area contributed by atoms with E-state index in [0.717, 1.165) is 30.5 Å². The van der Waals surface area contributed by atoms with E-state index in [4.69, 9.17) is 28.0 Å². The predicted molar refractivity (Wildman–Crippen MR) is 157 cm³/mol. The van der Waals surface area contributed by atoms with Gasteiger partial charge in [0.1, 0.15) is 0 Å². The highest BCUT2D eigenvalue weighted by atomic mass is 35.5. The van der Waals surface area contributed by atoms with Gasteiger partial charge in [0.25, 0.3) is 15.9 Å². The second-order valence-corrected chi connectivity index (χ2v) is 11.3. The molecular weight excluding hydrogens is 575 g/mol. The molecule has 0 fully saturated rings. The molecule has 12 heteroatoms. The molecule has 214 valence electrons. The van der Waals surface area contributed by atoms with Crippen LogP contribution in [0.1, 0.15) is 30.6 Å². The molecule has 2 N–H and O–H groups in total. The van der Waals surface area contributed by atoms with Gasteiger partial charge < -0.3 is 20.4 Å². The molecule has 9 nitrogen and oxygen atoms in total. The standard InChI is InChI=1S/C28H32Cl2N4O5S/c1-3-33(4-2)18-8-17-31-27(35)20-32-28(36)21-11-14-24(15-12-21)40(37,38)34(23-9-6-5-7-10-23)39-26-16-13-22(29)19-25(26)30/h5-7,9-16,19H,3-4,8,17-18,20H2,1-2H3,(H,31,35)(H,32,36). The van der Waals surface area contributed by atoms with Crippen LogP contribution in [0, 0.1) is 0 Å². The number of nitrogens with zero attached hydrogens (tertiary/aromatic N) is 2. The van der Waals surface area contributed by atoms with Crippen molar-refractivity contribution in [2.75, 3.05) is 37.2 Å². The van der Waals surface area contributed by atoms with Crippen molar-refractivity contribution in [3.63, 3.8) is 0 Å². The van der Waals surface area contributed by atoms with Crippen LogP contribution >= 0.6 is 23.2 Å². The summed E-state index contributed by atoms with van der Waals surface area (Å²) < 4.78 is 27.9. The smallest absolute Gasteiger partial charge is 0.295 e. The number of halogens is 2. The molecule has 3 aromatic rings. The van der Waals surface area contributed by atoms with Crippen LogP contribution in [0.5, 0.6) is 5.75 Å². The van der Waals surface area contributed by atoms with E-state index in [1.165, 1.54) is 42.5 Å². The quantitative estimate of drug-likeness (QED) is 0.202. The van der Waals surface area contributed by atoms with Gasteiger partial charge in [0, 0.05) is 17.1 Å². The summed E-state index contributed by atoms with van der Waals surface area (Å²) in [6, 6.07) is 17.9. The van der Waals surface area contributed by atoms with E-state index in [1.54, 1.807) is 30.3 Å². The van der Waals surface area contributed by atoms with Crippen molar-refractivity contribution in [1.82, 2.24) is 15.5 Å². The average molecular weight is 608 g/mol. The summed E-state index contributed by atoms with van der Waals surface area (Å²) in [4.78, 5) is 32.5. The Morgan fingerprint density at radius 1 is 0.900 bits per heavy atom. The fourth-order valence-electron chi connectivity index (χ4n) is 3.70. The number of nitrogens with one attached hydrogen (secondary N) is 2. The zero-order valence-electron chi connectivity index (χ0n) is 22.3. The van der Waals surface area contributed by atoms with Crippen molar-refractivity contribution in [1.29, 1.82) is 0 Å². The topological polar surface area (TPSA) is 108 Å². The van der Waals surface area contributed by atoms with Gasteiger partial charge >= 0.3 is 0 Å². The highest BCUT2D eigenvalue weighted by molar-refractivity contribution is 7.92. The van der Waals surface area contributed by atoms with Gasteiger partial charge in [-0.2, -0.15) is 8.42 Å². The summed E-state index contributed by atoms with van der Waals surface area (Å²) in [6.45, 7) is 7.28. The molecule has 0 atom stereocenters. The third kappa shape index (κ3) is 8.59. The van der Waals surface area contributed by atoms with Crippen molar-refractivity contribution < 1.29 is 22.8 Å². The van der Waals surface area contributed by atoms with Crippen LogP contribution in [-0.2, 0) is 14.8 Å². The summed E-state index contributed by atoms with van der Waals surface area (Å²) in [7, 11) is -4.25. The fourth-order valence-corrected chi connectivity index (χ4v) is 5.39. The maximum absolute atomic E-state index is 13.6. The van der Waals surface area contributed by atoms with Crippen LogP contribution in [0.15, 0.2) is 77.7 Å². The molecule has 0 aliphatic rings. The van der Waals surface area contributed by atoms with Gasteiger partial charge in [-0.15, -0.1) is 0 Å². The molecule has 0 bridgehead atoms. The van der Waals surface area contributed by atoms with Crippen molar-refractivity contribution in [2.24, 2.45) is 0 Å². The van der Waals surface area contributed by atoms with Crippen LogP contribution in [0.2, 0.25) is 10.0 Å². The lowest BCUT2D eigenvalue weighted by Gasteiger charge is -2.24. The lowest BCUT2D eigenvalue weighted by molar-refractivity contribution is -0.120. The molecule has 0 saturated heterocycles. The molecular formula is C28H32Cl2N4O5S. The highest BCUT2D eigenvalue weighted by Crippen LogP contribution is 2.32. The van der Waals surface area contributed by atoms with Crippen molar-refractivity contribution in [3.05, 3.63) is 88.4 Å². The largest absolute Gasteiger partial charge is 0.363 e. The number of amides is 2. The van der Waals surface area contributed by atoms with Gasteiger partial charge in [0.15, 0.2) is 5.75 Å². The Kier molecular flexibility index (Phi) is 11.6. The Labute approximate surface area is 245 Å². The number of hydrogen-bond donors (Lipinski definition) is 2. The average Bonchev–Trinajstić information content (AvgIpc) is 2.96. The lowest BCUT2D eigenvalue weighted by atomic mass is 10.2. The first-order chi connectivity index (χ1) is 19.1. The molecule has 0 aliphatic carbocycles. The Morgan fingerprint density at radius 3 is 2.20 bits per heavy atom. The van der Waals surface area contributed by atoms with Gasteiger partial charge in [-0.1, -0.05) is 59.7 Å². The van der Waals surface area contributed by atoms with E-state index in [-0.39, 0.29) is 39.4 Å². The number of carbonyl (C=O) groups excluding carboxylic acids is 2. The molecule has 3 aromatic carbocycles. The first-order valence-corrected chi connectivity index (χ1v) is 15.0. The summed E-state index contributed by atoms with van der Waals surface area (Å²) in [5.74, 6) is -0.726. The van der Waals surface area contributed by atoms with Crippen LogP contribution in [0.3, 0.4) is 0 Å². The zero-order chi connectivity index (χ0) is 29.1. The van der Waals surface area contributed by atoms with Gasteiger partial charge in [-0.3, -0.25) is 9.59 Å². The number of hydrogen-bond acceptors (Lipinski definition) is 6. The van der Waals surface area contributed by atoms with Crippen LogP contribution in [0.25, 0.3) is 0 Å². The van der Waals surface area contributed by atoms with Crippen LogP contribution in [-0.4, -0.2) is 57.9 Å². The molecule has 0 unspecified atom stereocenters. The fraction of sp³-hybridized carbons (Fsp3) is 0.286. The van der Waals surface area contributed by atoms with Crippen molar-refractivity contribution >= 4 is 50.7 Å². The Morgan fingerprint density at radius 2 is 1.57 bits per heavy atom. The number of sulfonamides is 1. The van der Waals surface area contributed by atoms with Crippen molar-refractivity contribution in [2.45, 2.75) is 25.2 Å². The van der Waals surface area contributed by atoms with Crippen LogP contribution in [0.4, 0.5) is 5.69 Å². The molecule has 0 saturated carbocycles. The van der Waals surface area contributed by atoms with E-state index in [2.05, 4.69) is 29.4 Å². The number of rotatable bonds is 14. The number of carbonyl (C=O) groups is 2. The zero-order valence-corrected chi connectivity index (χ0v) is 24.6. The summed E-state index contributed by atoms with van der Waals surface area (Å²) >= 11 is 12.2. The molecule has 2 amide bonds. The SMILES string of the molecule is CCN(CC)CCCNC(=O)CNC(=O)c1ccc(S(=O)(=O)N(Oc2ccc(Cl)cc2Cl)c2ccccc2)cc1. The minimum atomic E-state index is -4.25. The lowest BCUT2D eigenvalue weighted by Crippen LogP contribution is -2.38. The Balaban J connectivity index is 1.66. The minimum Gasteiger partial charge on any atom is -0.363 e. The van der Waals surface area contributed by atoms with Crippen molar-refractivity contribution in [3.8, 4) is 5.75 Å². The maximum atomic E-state index is 13.6. The molecule has 0 spiro atoms. The molecule has 0 heterocycles. The predicted octanol–water partition coefficient (Wildman–Crippen LogP) is 4.76. The van der Waals surface area contributed by atoms with Gasteiger partial charge in [0.05, 0.1) is 22.2 Å². The Bertz CT molecular complexity index is 1390. The second kappa shape index (κ2) is 14.9. The number of para-hydroxylation sites is 1. The van der Waals surface area contributed by atoms with E-state index in [1.807, 2.05) is 0 Å². The van der Waals surface area contributed by atoms with Crippen LogP contribution < -0.4 is 19.9 Å². The monoisotopic (exact) mass is 606 g/mol. The third-order valence-corrected chi connectivity index (χ3v) is 8.07. The summed E-state index contributed by atoms with van der Waals surface area (Å²) in [5.41, 5.74) is 0.430. The normalized spacial score (nSPS) is 11.2. The molecule has 0 aliphatic heterocycles. The van der Waals surface area contributed by atoms with Gasteiger partial charge in [-0.25, -0.2) is 0 Å². The summed E-state index contributed by atoms with van der Waals surface area (Å²) in [6.07, 6.45) is 0.811. The van der Waals surface area contributed by atoms with Gasteiger partial charge in [-0.05, 0) is 80.7 Å². The first-order valence-electron chi connectivity index (χ1n) is 12.8. The number of benzene rings is 3. The molecule has 0 radical (unpaired) electrons. The molecule has 40 heavy (non-hydrogen) atoms. The molecule has 0 aromatic heterocycles. The molecule has 3 rings (SSSR count). The van der Waals surface area contributed by atoms with E-state index in [9.17, 15) is 18.0 Å².